The van der Waals surface area contributed by atoms with Crippen molar-refractivity contribution in [3.05, 3.63) is 27.1 Å². The first kappa shape index (κ1) is 16.2. The van der Waals surface area contributed by atoms with Crippen molar-refractivity contribution in [3.63, 3.8) is 0 Å². The van der Waals surface area contributed by atoms with Crippen LogP contribution in [0.5, 0.6) is 0 Å². The lowest BCUT2D eigenvalue weighted by molar-refractivity contribution is -0.166. The second-order valence-corrected chi connectivity index (χ2v) is 6.70. The molecule has 0 radical (unpaired) electrons. The molecule has 116 valence electrons. The number of anilines is 1. The molecule has 0 aromatic carbocycles. The number of ether oxygens (including phenoxy) is 1. The van der Waals surface area contributed by atoms with Crippen LogP contribution in [-0.4, -0.2) is 29.1 Å². The molecule has 0 spiro atoms. The SMILES string of the molecule is CCOC1CC(N)(C(=O)Nc2c[nH]cc(Br)c2=O)C1(C)C. The highest BCUT2D eigenvalue weighted by molar-refractivity contribution is 9.10. The third-order valence-corrected chi connectivity index (χ3v) is 4.97. The van der Waals surface area contributed by atoms with Gasteiger partial charge in [0.25, 0.3) is 0 Å². The lowest BCUT2D eigenvalue weighted by Crippen LogP contribution is -2.74. The number of amides is 1. The van der Waals surface area contributed by atoms with Crippen LogP contribution in [0.15, 0.2) is 21.7 Å². The summed E-state index contributed by atoms with van der Waals surface area (Å²) in [5.41, 5.74) is 4.60. The van der Waals surface area contributed by atoms with Gasteiger partial charge in [0.15, 0.2) is 0 Å². The van der Waals surface area contributed by atoms with Crippen LogP contribution in [0.1, 0.15) is 27.2 Å². The first-order chi connectivity index (χ1) is 9.74. The van der Waals surface area contributed by atoms with Crippen molar-refractivity contribution in [1.82, 2.24) is 4.98 Å². The minimum Gasteiger partial charge on any atom is -0.378 e. The number of hydrogen-bond donors (Lipinski definition) is 3. The standard InChI is InChI=1S/C14H20BrN3O3/c1-4-21-10-5-14(16,13(10,2)3)12(20)18-9-7-17-6-8(15)11(9)19/h6-7,10H,4-5,16H2,1-3H3,(H,17,19)(H,18,20). The summed E-state index contributed by atoms with van der Waals surface area (Å²) < 4.78 is 5.95. The van der Waals surface area contributed by atoms with E-state index in [0.717, 1.165) is 0 Å². The number of pyridine rings is 1. The van der Waals surface area contributed by atoms with E-state index >= 15 is 0 Å². The first-order valence-corrected chi connectivity index (χ1v) is 7.62. The predicted molar refractivity (Wildman–Crippen MR) is 84.1 cm³/mol. The van der Waals surface area contributed by atoms with Crippen LogP contribution in [-0.2, 0) is 9.53 Å². The normalized spacial score (nSPS) is 27.0. The Morgan fingerprint density at radius 2 is 2.24 bits per heavy atom. The van der Waals surface area contributed by atoms with Crippen LogP contribution < -0.4 is 16.5 Å². The van der Waals surface area contributed by atoms with E-state index < -0.39 is 11.0 Å². The predicted octanol–water partition coefficient (Wildman–Crippen LogP) is 1.61. The molecule has 2 atom stereocenters. The van der Waals surface area contributed by atoms with Gasteiger partial charge in [-0.1, -0.05) is 13.8 Å². The number of aromatic nitrogens is 1. The van der Waals surface area contributed by atoms with Crippen molar-refractivity contribution in [1.29, 1.82) is 0 Å². The minimum absolute atomic E-state index is 0.0564. The van der Waals surface area contributed by atoms with Crippen LogP contribution >= 0.6 is 15.9 Å². The molecule has 1 heterocycles. The highest BCUT2D eigenvalue weighted by atomic mass is 79.9. The van der Waals surface area contributed by atoms with Gasteiger partial charge in [-0.25, -0.2) is 0 Å². The number of nitrogens with two attached hydrogens (primary N) is 1. The van der Waals surface area contributed by atoms with Gasteiger partial charge < -0.3 is 20.8 Å². The molecule has 1 amide bonds. The van der Waals surface area contributed by atoms with Gasteiger partial charge >= 0.3 is 0 Å². The highest BCUT2D eigenvalue weighted by Gasteiger charge is 2.62. The molecule has 1 aromatic rings. The molecule has 4 N–H and O–H groups in total. The molecule has 1 saturated carbocycles. The molecule has 2 rings (SSSR count). The van der Waals surface area contributed by atoms with Gasteiger partial charge in [-0.2, -0.15) is 0 Å². The fraction of sp³-hybridized carbons (Fsp3) is 0.571. The van der Waals surface area contributed by atoms with Crippen molar-refractivity contribution in [3.8, 4) is 0 Å². The Hall–Kier alpha value is -1.18. The number of hydrogen-bond acceptors (Lipinski definition) is 4. The largest absolute Gasteiger partial charge is 0.378 e. The van der Waals surface area contributed by atoms with Gasteiger partial charge in [0.2, 0.25) is 11.3 Å². The average molecular weight is 358 g/mol. The zero-order chi connectivity index (χ0) is 15.8. The second-order valence-electron chi connectivity index (χ2n) is 5.84. The fourth-order valence-electron chi connectivity index (χ4n) is 2.61. The lowest BCUT2D eigenvalue weighted by atomic mass is 9.54. The summed E-state index contributed by atoms with van der Waals surface area (Å²) in [7, 11) is 0. The fourth-order valence-corrected chi connectivity index (χ4v) is 2.95. The number of rotatable bonds is 4. The van der Waals surface area contributed by atoms with Gasteiger partial charge in [-0.15, -0.1) is 0 Å². The Labute approximate surface area is 131 Å². The van der Waals surface area contributed by atoms with E-state index in [1.54, 1.807) is 0 Å². The van der Waals surface area contributed by atoms with Crippen LogP contribution in [0.25, 0.3) is 0 Å². The third kappa shape index (κ3) is 2.54. The highest BCUT2D eigenvalue weighted by Crippen LogP contribution is 2.50. The third-order valence-electron chi connectivity index (χ3n) is 4.38. The van der Waals surface area contributed by atoms with Gasteiger partial charge in [0.05, 0.1) is 10.6 Å². The Morgan fingerprint density at radius 3 is 2.81 bits per heavy atom. The second kappa shape index (κ2) is 5.55. The molecule has 1 fully saturated rings. The molecule has 1 aliphatic carbocycles. The summed E-state index contributed by atoms with van der Waals surface area (Å²) in [6.07, 6.45) is 3.33. The van der Waals surface area contributed by atoms with E-state index in [1.165, 1.54) is 12.4 Å². The molecule has 7 heteroatoms. The molecule has 0 bridgehead atoms. The molecule has 2 unspecified atom stereocenters. The van der Waals surface area contributed by atoms with E-state index in [1.807, 2.05) is 20.8 Å². The first-order valence-electron chi connectivity index (χ1n) is 6.82. The number of halogens is 1. The van der Waals surface area contributed by atoms with Crippen molar-refractivity contribution in [2.45, 2.75) is 38.8 Å². The summed E-state index contributed by atoms with van der Waals surface area (Å²) in [5, 5.41) is 2.62. The number of nitrogens with one attached hydrogen (secondary N) is 2. The molecule has 1 aromatic heterocycles. The molecule has 0 aliphatic heterocycles. The van der Waals surface area contributed by atoms with E-state index in [9.17, 15) is 9.59 Å². The summed E-state index contributed by atoms with van der Waals surface area (Å²) in [4.78, 5) is 27.2. The van der Waals surface area contributed by atoms with Gasteiger partial charge in [-0.3, -0.25) is 9.59 Å². The van der Waals surface area contributed by atoms with Gasteiger partial charge in [0.1, 0.15) is 11.2 Å². The Kier molecular flexibility index (Phi) is 4.28. The van der Waals surface area contributed by atoms with E-state index in [4.69, 9.17) is 10.5 Å². The zero-order valence-electron chi connectivity index (χ0n) is 12.3. The van der Waals surface area contributed by atoms with E-state index in [0.29, 0.717) is 17.5 Å². The topological polar surface area (TPSA) is 97.2 Å². The minimum atomic E-state index is -1.05. The zero-order valence-corrected chi connectivity index (χ0v) is 13.9. The van der Waals surface area contributed by atoms with Crippen LogP contribution in [0.2, 0.25) is 0 Å². The quantitative estimate of drug-likeness (QED) is 0.762. The summed E-state index contributed by atoms with van der Waals surface area (Å²) in [6, 6.07) is 0. The maximum absolute atomic E-state index is 12.5. The Balaban J connectivity index is 2.18. The number of carbonyl (C=O) groups is 1. The maximum Gasteiger partial charge on any atom is 0.245 e. The molecule has 0 saturated heterocycles. The summed E-state index contributed by atoms with van der Waals surface area (Å²) in [5.74, 6) is -0.368. The molecule has 1 aliphatic rings. The van der Waals surface area contributed by atoms with Gasteiger partial charge in [0, 0.05) is 30.8 Å². The number of H-pyrrole nitrogens is 1. The van der Waals surface area contributed by atoms with Crippen molar-refractivity contribution >= 4 is 27.5 Å². The smallest absolute Gasteiger partial charge is 0.245 e. The maximum atomic E-state index is 12.5. The number of carbonyl (C=O) groups excluding carboxylic acids is 1. The number of aromatic amines is 1. The molecular formula is C14H20BrN3O3. The summed E-state index contributed by atoms with van der Waals surface area (Å²) in [6.45, 7) is 6.30. The average Bonchev–Trinajstić information content (AvgIpc) is 2.43. The molecule has 6 nitrogen and oxygen atoms in total. The Morgan fingerprint density at radius 1 is 1.57 bits per heavy atom. The van der Waals surface area contributed by atoms with Crippen molar-refractivity contribution in [2.75, 3.05) is 11.9 Å². The van der Waals surface area contributed by atoms with Crippen molar-refractivity contribution < 1.29 is 9.53 Å². The molecular weight excluding hydrogens is 338 g/mol. The lowest BCUT2D eigenvalue weighted by Gasteiger charge is -2.57. The van der Waals surface area contributed by atoms with Gasteiger partial charge in [-0.05, 0) is 22.9 Å². The van der Waals surface area contributed by atoms with Crippen molar-refractivity contribution in [2.24, 2.45) is 11.1 Å². The van der Waals surface area contributed by atoms with E-state index in [-0.39, 0.29) is 23.1 Å². The van der Waals surface area contributed by atoms with Crippen LogP contribution in [0.3, 0.4) is 0 Å². The molecule has 21 heavy (non-hydrogen) atoms. The summed E-state index contributed by atoms with van der Waals surface area (Å²) >= 11 is 3.12. The van der Waals surface area contributed by atoms with Crippen LogP contribution in [0, 0.1) is 5.41 Å². The monoisotopic (exact) mass is 357 g/mol. The Bertz CT molecular complexity index is 614. The van der Waals surface area contributed by atoms with Crippen LogP contribution in [0.4, 0.5) is 5.69 Å². The van der Waals surface area contributed by atoms with E-state index in [2.05, 4.69) is 26.2 Å².